The zero-order chi connectivity index (χ0) is 15.6. The second-order valence-electron chi connectivity index (χ2n) is 5.61. The van der Waals surface area contributed by atoms with Crippen molar-refractivity contribution in [1.29, 1.82) is 0 Å². The van der Waals surface area contributed by atoms with E-state index in [0.717, 1.165) is 32.4 Å². The molecule has 1 aromatic rings. The van der Waals surface area contributed by atoms with Gasteiger partial charge in [-0.1, -0.05) is 13.8 Å². The van der Waals surface area contributed by atoms with Crippen molar-refractivity contribution < 1.29 is 9.72 Å². The molecule has 114 valence electrons. The van der Waals surface area contributed by atoms with Crippen LogP contribution < -0.4 is 0 Å². The highest BCUT2D eigenvalue weighted by atomic mass is 79.9. The fourth-order valence-electron chi connectivity index (χ4n) is 2.90. The third-order valence-corrected chi connectivity index (χ3v) is 5.29. The third kappa shape index (κ3) is 3.10. The lowest BCUT2D eigenvalue weighted by atomic mass is 9.82. The van der Waals surface area contributed by atoms with Crippen molar-refractivity contribution in [2.45, 2.75) is 33.1 Å². The van der Waals surface area contributed by atoms with Gasteiger partial charge in [0.05, 0.1) is 9.40 Å². The van der Waals surface area contributed by atoms with Gasteiger partial charge in [-0.05, 0) is 52.7 Å². The highest BCUT2D eigenvalue weighted by molar-refractivity contribution is 9.10. The Bertz CT molecular complexity index is 570. The van der Waals surface area contributed by atoms with Gasteiger partial charge in [-0.15, -0.1) is 0 Å². The molecule has 1 aliphatic heterocycles. The standard InChI is InChI=1S/C15H19BrN2O3/c1-3-15(4-2)7-8-17(10-15)14(19)11-5-6-12(16)13(9-11)18(20)21/h5-6,9H,3-4,7-8,10H2,1-2H3. The minimum absolute atomic E-state index is 0.0720. The molecule has 1 amide bonds. The summed E-state index contributed by atoms with van der Waals surface area (Å²) in [7, 11) is 0. The van der Waals surface area contributed by atoms with Crippen molar-refractivity contribution in [2.75, 3.05) is 13.1 Å². The molecule has 21 heavy (non-hydrogen) atoms. The van der Waals surface area contributed by atoms with Gasteiger partial charge in [-0.3, -0.25) is 14.9 Å². The summed E-state index contributed by atoms with van der Waals surface area (Å²) in [6.45, 7) is 5.77. The van der Waals surface area contributed by atoms with Crippen molar-refractivity contribution in [3.8, 4) is 0 Å². The summed E-state index contributed by atoms with van der Waals surface area (Å²) in [5.41, 5.74) is 0.516. The van der Waals surface area contributed by atoms with Crippen LogP contribution in [0.3, 0.4) is 0 Å². The second-order valence-corrected chi connectivity index (χ2v) is 6.46. The highest BCUT2D eigenvalue weighted by Crippen LogP contribution is 2.37. The molecule has 0 spiro atoms. The maximum atomic E-state index is 12.5. The Balaban J connectivity index is 2.22. The lowest BCUT2D eigenvalue weighted by Gasteiger charge is -2.26. The first-order valence-electron chi connectivity index (χ1n) is 7.15. The molecule has 0 atom stereocenters. The van der Waals surface area contributed by atoms with Crippen molar-refractivity contribution in [3.05, 3.63) is 38.3 Å². The summed E-state index contributed by atoms with van der Waals surface area (Å²) in [6.07, 6.45) is 3.10. The number of nitro groups is 1. The van der Waals surface area contributed by atoms with Gasteiger partial charge in [0.1, 0.15) is 0 Å². The molecule has 1 saturated heterocycles. The topological polar surface area (TPSA) is 63.5 Å². The molecule has 0 radical (unpaired) electrons. The van der Waals surface area contributed by atoms with Crippen LogP contribution in [0.4, 0.5) is 5.69 Å². The number of rotatable bonds is 4. The number of hydrogen-bond acceptors (Lipinski definition) is 3. The molecule has 5 nitrogen and oxygen atoms in total. The number of carbonyl (C=O) groups excluding carboxylic acids is 1. The Morgan fingerprint density at radius 2 is 2.10 bits per heavy atom. The maximum absolute atomic E-state index is 12.5. The molecular formula is C15H19BrN2O3. The average molecular weight is 355 g/mol. The number of nitrogens with zero attached hydrogens (tertiary/aromatic N) is 2. The third-order valence-electron chi connectivity index (χ3n) is 4.62. The van der Waals surface area contributed by atoms with Crippen molar-refractivity contribution in [1.82, 2.24) is 4.90 Å². The molecule has 0 aliphatic carbocycles. The number of nitro benzene ring substituents is 1. The van der Waals surface area contributed by atoms with Crippen LogP contribution in [0.25, 0.3) is 0 Å². The van der Waals surface area contributed by atoms with E-state index in [-0.39, 0.29) is 17.0 Å². The Morgan fingerprint density at radius 1 is 1.43 bits per heavy atom. The van der Waals surface area contributed by atoms with Crippen LogP contribution in [-0.2, 0) is 0 Å². The Labute approximate surface area is 132 Å². The molecular weight excluding hydrogens is 336 g/mol. The van der Waals surface area contributed by atoms with E-state index in [2.05, 4.69) is 29.8 Å². The molecule has 2 rings (SSSR count). The normalized spacial score (nSPS) is 17.0. The number of likely N-dealkylation sites (tertiary alicyclic amines) is 1. The van der Waals surface area contributed by atoms with Crippen LogP contribution in [0.2, 0.25) is 0 Å². The predicted molar refractivity (Wildman–Crippen MR) is 84.3 cm³/mol. The molecule has 1 heterocycles. The van der Waals surface area contributed by atoms with Crippen molar-refractivity contribution in [3.63, 3.8) is 0 Å². The maximum Gasteiger partial charge on any atom is 0.284 e. The monoisotopic (exact) mass is 354 g/mol. The minimum Gasteiger partial charge on any atom is -0.338 e. The summed E-state index contributed by atoms with van der Waals surface area (Å²) in [5.74, 6) is -0.116. The second kappa shape index (κ2) is 6.13. The molecule has 0 aromatic heterocycles. The van der Waals surface area contributed by atoms with E-state index in [4.69, 9.17) is 0 Å². The van der Waals surface area contributed by atoms with Gasteiger partial charge < -0.3 is 4.90 Å². The molecule has 6 heteroatoms. The fourth-order valence-corrected chi connectivity index (χ4v) is 3.30. The van der Waals surface area contributed by atoms with E-state index in [1.165, 1.54) is 6.07 Å². The number of amides is 1. The fraction of sp³-hybridized carbons (Fsp3) is 0.533. The summed E-state index contributed by atoms with van der Waals surface area (Å²) in [6, 6.07) is 4.55. The Morgan fingerprint density at radius 3 is 2.62 bits per heavy atom. The Kier molecular flexibility index (Phi) is 4.66. The van der Waals surface area contributed by atoms with E-state index in [0.29, 0.717) is 10.0 Å². The van der Waals surface area contributed by atoms with Gasteiger partial charge in [-0.25, -0.2) is 0 Å². The lowest BCUT2D eigenvalue weighted by molar-refractivity contribution is -0.385. The lowest BCUT2D eigenvalue weighted by Crippen LogP contribution is -2.31. The number of halogens is 1. The highest BCUT2D eigenvalue weighted by Gasteiger charge is 2.37. The van der Waals surface area contributed by atoms with Gasteiger partial charge in [0.15, 0.2) is 0 Å². The van der Waals surface area contributed by atoms with Crippen LogP contribution in [0, 0.1) is 15.5 Å². The number of carbonyl (C=O) groups is 1. The number of benzene rings is 1. The van der Waals surface area contributed by atoms with Crippen LogP contribution in [-0.4, -0.2) is 28.8 Å². The van der Waals surface area contributed by atoms with E-state index in [1.54, 1.807) is 12.1 Å². The first kappa shape index (κ1) is 15.9. The molecule has 1 aliphatic rings. The first-order chi connectivity index (χ1) is 9.92. The number of hydrogen-bond donors (Lipinski definition) is 0. The van der Waals surface area contributed by atoms with E-state index in [9.17, 15) is 14.9 Å². The zero-order valence-electron chi connectivity index (χ0n) is 12.3. The van der Waals surface area contributed by atoms with Crippen molar-refractivity contribution >= 4 is 27.5 Å². The van der Waals surface area contributed by atoms with Crippen LogP contribution in [0.15, 0.2) is 22.7 Å². The van der Waals surface area contributed by atoms with E-state index < -0.39 is 4.92 Å². The zero-order valence-corrected chi connectivity index (χ0v) is 13.9. The summed E-state index contributed by atoms with van der Waals surface area (Å²) in [5, 5.41) is 11.0. The predicted octanol–water partition coefficient (Wildman–Crippen LogP) is 4.01. The molecule has 1 fully saturated rings. The van der Waals surface area contributed by atoms with Crippen molar-refractivity contribution in [2.24, 2.45) is 5.41 Å². The van der Waals surface area contributed by atoms with Crippen LogP contribution >= 0.6 is 15.9 Å². The molecule has 0 saturated carbocycles. The van der Waals surface area contributed by atoms with Gasteiger partial charge in [0.25, 0.3) is 11.6 Å². The molecule has 1 aromatic carbocycles. The molecule has 0 unspecified atom stereocenters. The van der Waals surface area contributed by atoms with Gasteiger partial charge in [-0.2, -0.15) is 0 Å². The van der Waals surface area contributed by atoms with Crippen LogP contribution in [0.5, 0.6) is 0 Å². The molecule has 0 N–H and O–H groups in total. The molecule has 0 bridgehead atoms. The summed E-state index contributed by atoms with van der Waals surface area (Å²) in [4.78, 5) is 24.8. The van der Waals surface area contributed by atoms with Gasteiger partial charge >= 0.3 is 0 Å². The van der Waals surface area contributed by atoms with E-state index >= 15 is 0 Å². The smallest absolute Gasteiger partial charge is 0.284 e. The van der Waals surface area contributed by atoms with E-state index in [1.807, 2.05) is 4.90 Å². The average Bonchev–Trinajstić information content (AvgIpc) is 2.92. The SMILES string of the molecule is CCC1(CC)CCN(C(=O)c2ccc(Br)c([N+](=O)[O-])c2)C1. The van der Waals surface area contributed by atoms with Crippen LogP contribution in [0.1, 0.15) is 43.5 Å². The first-order valence-corrected chi connectivity index (χ1v) is 7.95. The summed E-state index contributed by atoms with van der Waals surface area (Å²) >= 11 is 3.14. The quantitative estimate of drug-likeness (QED) is 0.606. The van der Waals surface area contributed by atoms with Gasteiger partial charge in [0.2, 0.25) is 0 Å². The minimum atomic E-state index is -0.479. The summed E-state index contributed by atoms with van der Waals surface area (Å²) < 4.78 is 0.391. The Hall–Kier alpha value is -1.43. The van der Waals surface area contributed by atoms with Gasteiger partial charge in [0, 0.05) is 24.7 Å². The largest absolute Gasteiger partial charge is 0.338 e.